The molecule has 0 unspecified atom stereocenters. The number of rotatable bonds is 2. The average molecular weight is 268 g/mol. The SMILES string of the molecule is Cc1ccc(CO)c(-c2c(Cl)cccc2Cl)n1. The number of benzene rings is 1. The first-order valence-corrected chi connectivity index (χ1v) is 5.91. The molecule has 0 aliphatic carbocycles. The first-order valence-electron chi connectivity index (χ1n) is 5.15. The molecule has 2 aromatic rings. The molecule has 4 heteroatoms. The van der Waals surface area contributed by atoms with Gasteiger partial charge in [0.05, 0.1) is 22.3 Å². The molecule has 0 spiro atoms. The van der Waals surface area contributed by atoms with E-state index in [1.165, 1.54) is 0 Å². The smallest absolute Gasteiger partial charge is 0.0790 e. The van der Waals surface area contributed by atoms with Crippen molar-refractivity contribution in [2.75, 3.05) is 0 Å². The molecular weight excluding hydrogens is 257 g/mol. The largest absolute Gasteiger partial charge is 0.392 e. The number of halogens is 2. The van der Waals surface area contributed by atoms with Gasteiger partial charge in [-0.1, -0.05) is 35.3 Å². The standard InChI is InChI=1S/C13H11Cl2NO/c1-8-5-6-9(7-17)13(16-8)12-10(14)3-2-4-11(12)15/h2-6,17H,7H2,1H3. The fourth-order valence-corrected chi connectivity index (χ4v) is 2.23. The zero-order valence-corrected chi connectivity index (χ0v) is 10.8. The molecule has 0 aliphatic rings. The molecule has 2 nitrogen and oxygen atoms in total. The third-order valence-electron chi connectivity index (χ3n) is 2.49. The second-order valence-electron chi connectivity index (χ2n) is 3.72. The van der Waals surface area contributed by atoms with Gasteiger partial charge >= 0.3 is 0 Å². The van der Waals surface area contributed by atoms with E-state index in [1.54, 1.807) is 18.2 Å². The van der Waals surface area contributed by atoms with Crippen LogP contribution in [-0.4, -0.2) is 10.1 Å². The average Bonchev–Trinajstić information content (AvgIpc) is 2.29. The Morgan fingerprint density at radius 3 is 2.35 bits per heavy atom. The summed E-state index contributed by atoms with van der Waals surface area (Å²) in [5.41, 5.74) is 2.88. The van der Waals surface area contributed by atoms with E-state index in [0.29, 0.717) is 26.9 Å². The summed E-state index contributed by atoms with van der Waals surface area (Å²) in [6, 6.07) is 8.97. The number of pyridine rings is 1. The van der Waals surface area contributed by atoms with Crippen LogP contribution < -0.4 is 0 Å². The monoisotopic (exact) mass is 267 g/mol. The lowest BCUT2D eigenvalue weighted by Gasteiger charge is -2.11. The Hall–Kier alpha value is -1.09. The first-order chi connectivity index (χ1) is 8.13. The van der Waals surface area contributed by atoms with Gasteiger partial charge in [-0.15, -0.1) is 0 Å². The van der Waals surface area contributed by atoms with Gasteiger partial charge in [-0.2, -0.15) is 0 Å². The molecule has 88 valence electrons. The number of aromatic nitrogens is 1. The summed E-state index contributed by atoms with van der Waals surface area (Å²) in [6.45, 7) is 1.79. The van der Waals surface area contributed by atoms with E-state index < -0.39 is 0 Å². The van der Waals surface area contributed by atoms with E-state index in [1.807, 2.05) is 19.1 Å². The topological polar surface area (TPSA) is 33.1 Å². The third kappa shape index (κ3) is 2.44. The normalized spacial score (nSPS) is 10.6. The van der Waals surface area contributed by atoms with Crippen molar-refractivity contribution in [3.63, 3.8) is 0 Å². The van der Waals surface area contributed by atoms with Crippen LogP contribution in [0.15, 0.2) is 30.3 Å². The lowest BCUT2D eigenvalue weighted by atomic mass is 10.1. The van der Waals surface area contributed by atoms with E-state index in [2.05, 4.69) is 4.98 Å². The maximum absolute atomic E-state index is 9.33. The quantitative estimate of drug-likeness (QED) is 0.897. The Labute approximate surface area is 110 Å². The molecule has 0 saturated heterocycles. The van der Waals surface area contributed by atoms with Gasteiger partial charge < -0.3 is 5.11 Å². The number of aryl methyl sites for hydroxylation is 1. The van der Waals surface area contributed by atoms with E-state index in [9.17, 15) is 5.11 Å². The minimum absolute atomic E-state index is 0.0931. The molecule has 1 heterocycles. The summed E-state index contributed by atoms with van der Waals surface area (Å²) in [6.07, 6.45) is 0. The number of hydrogen-bond donors (Lipinski definition) is 1. The predicted octanol–water partition coefficient (Wildman–Crippen LogP) is 3.86. The third-order valence-corrected chi connectivity index (χ3v) is 3.12. The molecule has 1 N–H and O–H groups in total. The predicted molar refractivity (Wildman–Crippen MR) is 70.4 cm³/mol. The lowest BCUT2D eigenvalue weighted by molar-refractivity contribution is 0.282. The van der Waals surface area contributed by atoms with Gasteiger partial charge in [-0.3, -0.25) is 4.98 Å². The van der Waals surface area contributed by atoms with Crippen molar-refractivity contribution in [2.45, 2.75) is 13.5 Å². The van der Waals surface area contributed by atoms with Crippen LogP contribution in [0, 0.1) is 6.92 Å². The number of aliphatic hydroxyl groups is 1. The molecule has 0 atom stereocenters. The van der Waals surface area contributed by atoms with Crippen LogP contribution in [0.25, 0.3) is 11.3 Å². The van der Waals surface area contributed by atoms with E-state index in [4.69, 9.17) is 23.2 Å². The molecule has 1 aromatic carbocycles. The van der Waals surface area contributed by atoms with Crippen LogP contribution >= 0.6 is 23.2 Å². The highest BCUT2D eigenvalue weighted by Gasteiger charge is 2.13. The summed E-state index contributed by atoms with van der Waals surface area (Å²) >= 11 is 12.3. The first kappa shape index (κ1) is 12.4. The van der Waals surface area contributed by atoms with E-state index in [0.717, 1.165) is 5.69 Å². The van der Waals surface area contributed by atoms with Crippen LogP contribution in [0.2, 0.25) is 10.0 Å². The van der Waals surface area contributed by atoms with Crippen molar-refractivity contribution in [3.05, 3.63) is 51.6 Å². The maximum atomic E-state index is 9.33. The molecule has 0 amide bonds. The fourth-order valence-electron chi connectivity index (χ4n) is 1.65. The molecule has 1 aromatic heterocycles. The van der Waals surface area contributed by atoms with Crippen LogP contribution in [0.1, 0.15) is 11.3 Å². The summed E-state index contributed by atoms with van der Waals surface area (Å²) in [5.74, 6) is 0. The van der Waals surface area contributed by atoms with Crippen LogP contribution in [0.5, 0.6) is 0 Å². The summed E-state index contributed by atoms with van der Waals surface area (Å²) in [7, 11) is 0. The molecule has 17 heavy (non-hydrogen) atoms. The van der Waals surface area contributed by atoms with Gasteiger partial charge in [-0.25, -0.2) is 0 Å². The second-order valence-corrected chi connectivity index (χ2v) is 4.53. The Morgan fingerprint density at radius 1 is 1.12 bits per heavy atom. The Balaban J connectivity index is 2.71. The van der Waals surface area contributed by atoms with Crippen molar-refractivity contribution in [3.8, 4) is 11.3 Å². The van der Waals surface area contributed by atoms with Crippen molar-refractivity contribution in [2.24, 2.45) is 0 Å². The molecule has 0 radical (unpaired) electrons. The van der Waals surface area contributed by atoms with Gasteiger partial charge in [0.1, 0.15) is 0 Å². The van der Waals surface area contributed by atoms with Crippen molar-refractivity contribution >= 4 is 23.2 Å². The van der Waals surface area contributed by atoms with Crippen LogP contribution in [0.3, 0.4) is 0 Å². The van der Waals surface area contributed by atoms with Gasteiger partial charge in [0.2, 0.25) is 0 Å². The van der Waals surface area contributed by atoms with Gasteiger partial charge in [0, 0.05) is 16.8 Å². The minimum atomic E-state index is -0.0931. The highest BCUT2D eigenvalue weighted by molar-refractivity contribution is 6.39. The van der Waals surface area contributed by atoms with Crippen molar-refractivity contribution in [1.29, 1.82) is 0 Å². The Morgan fingerprint density at radius 2 is 1.76 bits per heavy atom. The minimum Gasteiger partial charge on any atom is -0.392 e. The summed E-state index contributed by atoms with van der Waals surface area (Å²) < 4.78 is 0. The van der Waals surface area contributed by atoms with Crippen molar-refractivity contribution < 1.29 is 5.11 Å². The highest BCUT2D eigenvalue weighted by atomic mass is 35.5. The lowest BCUT2D eigenvalue weighted by Crippen LogP contribution is -1.96. The second kappa shape index (κ2) is 5.05. The van der Waals surface area contributed by atoms with Gasteiger partial charge in [-0.05, 0) is 25.1 Å². The van der Waals surface area contributed by atoms with Gasteiger partial charge in [0.15, 0.2) is 0 Å². The number of nitrogens with zero attached hydrogens (tertiary/aromatic N) is 1. The molecule has 0 aliphatic heterocycles. The Kier molecular flexibility index (Phi) is 3.67. The van der Waals surface area contributed by atoms with Crippen LogP contribution in [-0.2, 0) is 6.61 Å². The molecule has 0 fully saturated rings. The number of aliphatic hydroxyl groups excluding tert-OH is 1. The summed E-state index contributed by atoms with van der Waals surface area (Å²) in [4.78, 5) is 4.41. The highest BCUT2D eigenvalue weighted by Crippen LogP contribution is 2.35. The maximum Gasteiger partial charge on any atom is 0.0790 e. The van der Waals surface area contributed by atoms with Crippen LogP contribution in [0.4, 0.5) is 0 Å². The zero-order chi connectivity index (χ0) is 12.4. The van der Waals surface area contributed by atoms with Crippen molar-refractivity contribution in [1.82, 2.24) is 4.98 Å². The van der Waals surface area contributed by atoms with Gasteiger partial charge in [0.25, 0.3) is 0 Å². The van der Waals surface area contributed by atoms with E-state index in [-0.39, 0.29) is 6.61 Å². The van der Waals surface area contributed by atoms with E-state index >= 15 is 0 Å². The molecule has 0 saturated carbocycles. The number of hydrogen-bond acceptors (Lipinski definition) is 2. The summed E-state index contributed by atoms with van der Waals surface area (Å²) in [5, 5.41) is 10.4. The molecular formula is C13H11Cl2NO. The molecule has 2 rings (SSSR count). The molecule has 0 bridgehead atoms. The zero-order valence-electron chi connectivity index (χ0n) is 9.24. The Bertz CT molecular complexity index is 535. The fraction of sp³-hybridized carbons (Fsp3) is 0.154.